The fraction of sp³-hybridized carbons (Fsp3) is 0.103. The van der Waals surface area contributed by atoms with Gasteiger partial charge < -0.3 is 19.5 Å². The summed E-state index contributed by atoms with van der Waals surface area (Å²) < 4.78 is 55.6. The Bertz CT molecular complexity index is 1600. The summed E-state index contributed by atoms with van der Waals surface area (Å²) in [4.78, 5) is 13.2. The predicted octanol–water partition coefficient (Wildman–Crippen LogP) is 7.63. The quantitative estimate of drug-likeness (QED) is 0.270. The third kappa shape index (κ3) is 5.39. The van der Waals surface area contributed by atoms with E-state index in [1.54, 1.807) is 66.7 Å². The Morgan fingerprint density at radius 3 is 2.27 bits per heavy atom. The molecule has 40 heavy (non-hydrogen) atoms. The zero-order valence-electron chi connectivity index (χ0n) is 20.5. The summed E-state index contributed by atoms with van der Waals surface area (Å²) in [5, 5.41) is 9.13. The summed E-state index contributed by atoms with van der Waals surface area (Å²) in [6.07, 6.45) is -3.76. The molecule has 4 aromatic rings. The number of hydrogen-bond acceptors (Lipinski definition) is 5. The van der Waals surface area contributed by atoms with Gasteiger partial charge in [-0.05, 0) is 83.9 Å². The van der Waals surface area contributed by atoms with E-state index in [-0.39, 0.29) is 18.0 Å². The maximum absolute atomic E-state index is 13.6. The van der Waals surface area contributed by atoms with Gasteiger partial charge in [0.15, 0.2) is 11.5 Å². The molecule has 1 N–H and O–H groups in total. The highest BCUT2D eigenvalue weighted by molar-refractivity contribution is 6.30. The Morgan fingerprint density at radius 2 is 1.57 bits per heavy atom. The fourth-order valence-corrected chi connectivity index (χ4v) is 4.51. The number of fused-ring (bicyclic) bond motifs is 1. The van der Waals surface area contributed by atoms with Crippen LogP contribution in [0.3, 0.4) is 0 Å². The SMILES string of the molecule is O=C(Nc1ccc(Oc2ccc(Cl)cc2)cc1)N1CC(c2ccc3c(c2)OC(F)(F)O3)C(c2ccc(F)cc2)=N1. The van der Waals surface area contributed by atoms with Crippen molar-refractivity contribution < 1.29 is 32.2 Å². The monoisotopic (exact) mass is 565 g/mol. The molecule has 0 spiro atoms. The molecule has 2 heterocycles. The van der Waals surface area contributed by atoms with Gasteiger partial charge in [-0.1, -0.05) is 29.8 Å². The van der Waals surface area contributed by atoms with Crippen molar-refractivity contribution in [2.75, 3.05) is 11.9 Å². The van der Waals surface area contributed by atoms with Crippen molar-refractivity contribution in [1.82, 2.24) is 5.01 Å². The number of anilines is 1. The van der Waals surface area contributed by atoms with Gasteiger partial charge in [0.1, 0.15) is 17.3 Å². The van der Waals surface area contributed by atoms with Crippen LogP contribution in [-0.4, -0.2) is 29.6 Å². The van der Waals surface area contributed by atoms with Gasteiger partial charge in [-0.2, -0.15) is 5.10 Å². The number of nitrogens with one attached hydrogen (secondary N) is 1. The van der Waals surface area contributed by atoms with E-state index >= 15 is 0 Å². The Hall–Kier alpha value is -4.70. The van der Waals surface area contributed by atoms with Gasteiger partial charge in [0.05, 0.1) is 12.3 Å². The second-order valence-corrected chi connectivity index (χ2v) is 9.45. The number of alkyl halides is 2. The van der Waals surface area contributed by atoms with Crippen LogP contribution in [0.2, 0.25) is 5.02 Å². The van der Waals surface area contributed by atoms with Gasteiger partial charge in [0.2, 0.25) is 0 Å². The minimum absolute atomic E-state index is 0.0925. The Balaban J connectivity index is 1.21. The van der Waals surface area contributed by atoms with Gasteiger partial charge in [-0.25, -0.2) is 14.2 Å². The van der Waals surface area contributed by atoms with Crippen LogP contribution < -0.4 is 19.5 Å². The summed E-state index contributed by atoms with van der Waals surface area (Å²) in [7, 11) is 0. The standard InChI is InChI=1S/C29H19ClF3N3O4/c30-19-4-10-22(11-5-19)38-23-12-8-21(9-13-23)34-28(37)36-16-24(27(35-36)17-1-6-20(31)7-2-17)18-3-14-25-26(15-18)40-29(32,33)39-25/h1-15,24H,16H2,(H,34,37). The number of rotatable bonds is 5. The molecule has 4 aromatic carbocycles. The number of hydrazone groups is 1. The van der Waals surface area contributed by atoms with E-state index in [4.69, 9.17) is 16.3 Å². The molecule has 11 heteroatoms. The molecule has 0 aromatic heterocycles. The highest BCUT2D eigenvalue weighted by Crippen LogP contribution is 2.43. The van der Waals surface area contributed by atoms with Gasteiger partial charge >= 0.3 is 12.3 Å². The van der Waals surface area contributed by atoms with E-state index < -0.39 is 24.1 Å². The molecule has 2 amide bonds. The number of benzene rings is 4. The molecule has 0 saturated heterocycles. The molecular formula is C29H19ClF3N3O4. The second-order valence-electron chi connectivity index (χ2n) is 9.01. The average molecular weight is 566 g/mol. The fourth-order valence-electron chi connectivity index (χ4n) is 4.39. The number of carbonyl (C=O) groups is 1. The molecule has 0 fully saturated rings. The Morgan fingerprint density at radius 1 is 0.925 bits per heavy atom. The van der Waals surface area contributed by atoms with Crippen molar-refractivity contribution in [1.29, 1.82) is 0 Å². The van der Waals surface area contributed by atoms with Gasteiger partial charge in [-0.15, -0.1) is 8.78 Å². The molecule has 7 nitrogen and oxygen atoms in total. The third-order valence-electron chi connectivity index (χ3n) is 6.27. The molecule has 1 unspecified atom stereocenters. The molecule has 0 aliphatic carbocycles. The van der Waals surface area contributed by atoms with E-state index in [1.165, 1.54) is 29.3 Å². The number of carbonyl (C=O) groups excluding carboxylic acids is 1. The maximum atomic E-state index is 13.6. The van der Waals surface area contributed by atoms with E-state index in [0.717, 1.165) is 0 Å². The summed E-state index contributed by atoms with van der Waals surface area (Å²) in [5.41, 5.74) is 2.11. The van der Waals surface area contributed by atoms with E-state index in [1.807, 2.05) is 0 Å². The lowest BCUT2D eigenvalue weighted by molar-refractivity contribution is -0.286. The molecule has 2 aliphatic heterocycles. The van der Waals surface area contributed by atoms with Crippen LogP contribution in [0.1, 0.15) is 17.0 Å². The lowest BCUT2D eigenvalue weighted by Gasteiger charge is -2.16. The molecule has 0 bridgehead atoms. The van der Waals surface area contributed by atoms with E-state index in [9.17, 15) is 18.0 Å². The molecule has 0 saturated carbocycles. The molecule has 6 rings (SSSR count). The zero-order valence-corrected chi connectivity index (χ0v) is 21.2. The van der Waals surface area contributed by atoms with Crippen LogP contribution in [0, 0.1) is 5.82 Å². The average Bonchev–Trinajstić information content (AvgIpc) is 3.51. The van der Waals surface area contributed by atoms with Crippen molar-refractivity contribution in [2.24, 2.45) is 5.10 Å². The van der Waals surface area contributed by atoms with Gasteiger partial charge in [-0.3, -0.25) is 0 Å². The topological polar surface area (TPSA) is 72.4 Å². The number of amides is 2. The van der Waals surface area contributed by atoms with Crippen molar-refractivity contribution in [3.63, 3.8) is 0 Å². The molecule has 202 valence electrons. The number of nitrogens with zero attached hydrogens (tertiary/aromatic N) is 2. The van der Waals surface area contributed by atoms with Crippen LogP contribution >= 0.6 is 11.6 Å². The zero-order chi connectivity index (χ0) is 27.9. The van der Waals surface area contributed by atoms with E-state index in [2.05, 4.69) is 19.9 Å². The Labute approximate surface area is 231 Å². The lowest BCUT2D eigenvalue weighted by atomic mass is 9.90. The first-order valence-electron chi connectivity index (χ1n) is 12.1. The second kappa shape index (κ2) is 10.1. The first-order chi connectivity index (χ1) is 19.2. The third-order valence-corrected chi connectivity index (χ3v) is 6.52. The summed E-state index contributed by atoms with van der Waals surface area (Å²) in [5.74, 6) is 0.0254. The highest BCUT2D eigenvalue weighted by Gasteiger charge is 2.44. The molecule has 0 radical (unpaired) electrons. The van der Waals surface area contributed by atoms with Crippen LogP contribution in [0.15, 0.2) is 96.1 Å². The van der Waals surface area contributed by atoms with Crippen molar-refractivity contribution in [2.45, 2.75) is 12.2 Å². The largest absolute Gasteiger partial charge is 0.586 e. The first kappa shape index (κ1) is 25.6. The number of hydrogen-bond donors (Lipinski definition) is 1. The van der Waals surface area contributed by atoms with Crippen LogP contribution in [0.25, 0.3) is 0 Å². The van der Waals surface area contributed by atoms with Crippen molar-refractivity contribution in [3.8, 4) is 23.0 Å². The summed E-state index contributed by atoms with van der Waals surface area (Å²) in [6.45, 7) is 0.104. The summed E-state index contributed by atoms with van der Waals surface area (Å²) >= 11 is 5.90. The van der Waals surface area contributed by atoms with E-state index in [0.29, 0.717) is 39.0 Å². The van der Waals surface area contributed by atoms with Gasteiger partial charge in [0.25, 0.3) is 0 Å². The maximum Gasteiger partial charge on any atom is 0.586 e. The molecular weight excluding hydrogens is 547 g/mol. The van der Waals surface area contributed by atoms with Crippen molar-refractivity contribution in [3.05, 3.63) is 113 Å². The summed E-state index contributed by atoms with van der Waals surface area (Å²) in [6, 6.07) is 23.2. The van der Waals surface area contributed by atoms with Crippen LogP contribution in [0.4, 0.5) is 23.7 Å². The van der Waals surface area contributed by atoms with Crippen molar-refractivity contribution >= 4 is 29.0 Å². The molecule has 1 atom stereocenters. The first-order valence-corrected chi connectivity index (χ1v) is 12.5. The molecule has 2 aliphatic rings. The minimum atomic E-state index is -3.76. The number of urea groups is 1. The predicted molar refractivity (Wildman–Crippen MR) is 142 cm³/mol. The van der Waals surface area contributed by atoms with Crippen LogP contribution in [0.5, 0.6) is 23.0 Å². The minimum Gasteiger partial charge on any atom is -0.457 e. The highest BCUT2D eigenvalue weighted by atomic mass is 35.5. The normalized spacial score (nSPS) is 16.9. The van der Waals surface area contributed by atoms with Crippen LogP contribution in [-0.2, 0) is 0 Å². The lowest BCUT2D eigenvalue weighted by Crippen LogP contribution is -2.30. The number of halogens is 4. The van der Waals surface area contributed by atoms with Gasteiger partial charge in [0, 0.05) is 16.6 Å². The smallest absolute Gasteiger partial charge is 0.457 e. The Kier molecular flexibility index (Phi) is 6.47. The number of ether oxygens (including phenoxy) is 3.